The normalized spacial score (nSPS) is 20.8. The summed E-state index contributed by atoms with van der Waals surface area (Å²) in [6, 6.07) is 4.06. The number of ketones is 1. The molecule has 0 amide bonds. The van der Waals surface area contributed by atoms with Gasteiger partial charge in [0.25, 0.3) is 0 Å². The van der Waals surface area contributed by atoms with Crippen molar-refractivity contribution in [2.24, 2.45) is 0 Å². The molecule has 0 bridgehead atoms. The summed E-state index contributed by atoms with van der Waals surface area (Å²) in [7, 11) is 0. The fourth-order valence-corrected chi connectivity index (χ4v) is 4.00. The van der Waals surface area contributed by atoms with Gasteiger partial charge in [0.2, 0.25) is 0 Å². The first-order chi connectivity index (χ1) is 13.3. The molecule has 0 unspecified atom stereocenters. The molecule has 2 aromatic heterocycles. The van der Waals surface area contributed by atoms with Crippen LogP contribution in [0.4, 0.5) is 5.82 Å². The van der Waals surface area contributed by atoms with Crippen LogP contribution in [0.2, 0.25) is 0 Å². The van der Waals surface area contributed by atoms with Crippen molar-refractivity contribution < 1.29 is 4.79 Å². The topological polar surface area (TPSA) is 46.9 Å². The van der Waals surface area contributed by atoms with E-state index >= 15 is 0 Å². The number of anilines is 1. The van der Waals surface area contributed by atoms with Gasteiger partial charge >= 0.3 is 0 Å². The highest BCUT2D eigenvalue weighted by atomic mass is 16.1. The molecule has 138 valence electrons. The maximum Gasteiger partial charge on any atom is 0.179 e. The van der Waals surface area contributed by atoms with E-state index in [0.29, 0.717) is 6.42 Å². The maximum atomic E-state index is 13.0. The summed E-state index contributed by atoms with van der Waals surface area (Å²) in [6.45, 7) is 3.78. The van der Waals surface area contributed by atoms with E-state index in [-0.39, 0.29) is 5.78 Å². The predicted molar refractivity (Wildman–Crippen MR) is 111 cm³/mol. The first-order valence-corrected chi connectivity index (χ1v) is 9.79. The summed E-state index contributed by atoms with van der Waals surface area (Å²) in [5.74, 6) is 1.29. The van der Waals surface area contributed by atoms with E-state index in [2.05, 4.69) is 52.2 Å². The molecular formula is C23H25N3O. The number of hydrogen-bond donors (Lipinski definition) is 1. The van der Waals surface area contributed by atoms with E-state index in [1.807, 2.05) is 24.5 Å². The largest absolute Gasteiger partial charge is 0.371 e. The van der Waals surface area contributed by atoms with Crippen LogP contribution < -0.4 is 5.32 Å². The Labute approximate surface area is 160 Å². The van der Waals surface area contributed by atoms with E-state index in [9.17, 15) is 4.79 Å². The van der Waals surface area contributed by atoms with Crippen molar-refractivity contribution in [2.75, 3.05) is 11.9 Å². The first-order valence-electron chi connectivity index (χ1n) is 9.79. The van der Waals surface area contributed by atoms with Crippen molar-refractivity contribution in [3.05, 3.63) is 66.2 Å². The van der Waals surface area contributed by atoms with Crippen LogP contribution in [0.25, 0.3) is 16.7 Å². The lowest BCUT2D eigenvalue weighted by molar-refractivity contribution is 0.0955. The predicted octanol–water partition coefficient (Wildman–Crippen LogP) is 5.25. The highest BCUT2D eigenvalue weighted by Crippen LogP contribution is 2.43. The standard InChI is InChI=1S/C23H25N3O/c1-2-25-23-21(18-12-14-24-15-13-18)20(17-9-6-4-3-5-7-10-17)22-19(27)11-8-16-26(22)23/h3-4,6,9-10,12-15,25H,2,5,7-8,11,16H2,1H3/b4-3+,9-6-,17-10+. The second-order valence-corrected chi connectivity index (χ2v) is 6.92. The Morgan fingerprint density at radius 1 is 1.15 bits per heavy atom. The first kappa shape index (κ1) is 17.5. The Balaban J connectivity index is 2.03. The molecule has 0 saturated heterocycles. The minimum absolute atomic E-state index is 0.239. The number of pyridine rings is 1. The summed E-state index contributed by atoms with van der Waals surface area (Å²) in [5.41, 5.74) is 5.26. The van der Waals surface area contributed by atoms with E-state index in [4.69, 9.17) is 0 Å². The summed E-state index contributed by atoms with van der Waals surface area (Å²) in [5, 5.41) is 3.54. The molecule has 0 spiro atoms. The van der Waals surface area contributed by atoms with E-state index in [1.54, 1.807) is 0 Å². The monoisotopic (exact) mass is 359 g/mol. The lowest BCUT2D eigenvalue weighted by Crippen LogP contribution is -2.19. The molecule has 4 nitrogen and oxygen atoms in total. The highest BCUT2D eigenvalue weighted by Gasteiger charge is 2.31. The molecule has 0 saturated carbocycles. The van der Waals surface area contributed by atoms with Gasteiger partial charge in [-0.1, -0.05) is 30.4 Å². The molecule has 0 fully saturated rings. The van der Waals surface area contributed by atoms with Crippen LogP contribution in [-0.4, -0.2) is 21.9 Å². The molecule has 0 radical (unpaired) electrons. The third kappa shape index (κ3) is 3.27. The zero-order valence-electron chi connectivity index (χ0n) is 15.7. The molecule has 4 heteroatoms. The number of carbonyl (C=O) groups is 1. The third-order valence-corrected chi connectivity index (χ3v) is 5.14. The molecule has 0 atom stereocenters. The van der Waals surface area contributed by atoms with Crippen molar-refractivity contribution in [1.29, 1.82) is 0 Å². The van der Waals surface area contributed by atoms with Gasteiger partial charge < -0.3 is 9.88 Å². The number of carbonyl (C=O) groups excluding carboxylic acids is 1. The second kappa shape index (κ2) is 7.78. The van der Waals surface area contributed by atoms with Gasteiger partial charge in [0.1, 0.15) is 5.82 Å². The molecule has 1 aliphatic carbocycles. The maximum absolute atomic E-state index is 13.0. The average Bonchev–Trinajstić information content (AvgIpc) is 2.98. The SMILES string of the molecule is CCNc1c(-c2ccncc2)c(C2=C/CC/C=C/C=C\2)c2n1CCCC2=O. The van der Waals surface area contributed by atoms with Gasteiger partial charge in [-0.2, -0.15) is 0 Å². The van der Waals surface area contributed by atoms with Gasteiger partial charge in [-0.25, -0.2) is 0 Å². The van der Waals surface area contributed by atoms with Crippen LogP contribution in [-0.2, 0) is 6.54 Å². The van der Waals surface area contributed by atoms with Gasteiger partial charge in [-0.05, 0) is 49.5 Å². The van der Waals surface area contributed by atoms with Gasteiger partial charge in [0.15, 0.2) is 5.78 Å². The molecule has 2 aliphatic rings. The van der Waals surface area contributed by atoms with E-state index in [0.717, 1.165) is 66.1 Å². The van der Waals surface area contributed by atoms with Gasteiger partial charge in [0, 0.05) is 43.0 Å². The molecule has 1 aliphatic heterocycles. The number of nitrogens with one attached hydrogen (secondary N) is 1. The number of rotatable bonds is 4. The number of hydrogen-bond acceptors (Lipinski definition) is 3. The van der Waals surface area contributed by atoms with Crippen LogP contribution in [0.15, 0.2) is 54.9 Å². The molecule has 4 rings (SSSR count). The Morgan fingerprint density at radius 3 is 2.81 bits per heavy atom. The molecule has 2 aromatic rings. The smallest absolute Gasteiger partial charge is 0.179 e. The molecular weight excluding hydrogens is 334 g/mol. The van der Waals surface area contributed by atoms with Crippen molar-refractivity contribution in [2.45, 2.75) is 39.2 Å². The van der Waals surface area contributed by atoms with Crippen molar-refractivity contribution >= 4 is 17.2 Å². The van der Waals surface area contributed by atoms with Crippen molar-refractivity contribution in [1.82, 2.24) is 9.55 Å². The Kier molecular flexibility index (Phi) is 5.05. The van der Waals surface area contributed by atoms with Crippen LogP contribution in [0.1, 0.15) is 48.7 Å². The quantitative estimate of drug-likeness (QED) is 0.811. The number of fused-ring (bicyclic) bond motifs is 1. The molecule has 3 heterocycles. The molecule has 27 heavy (non-hydrogen) atoms. The lowest BCUT2D eigenvalue weighted by atomic mass is 9.92. The Morgan fingerprint density at radius 2 is 2.00 bits per heavy atom. The Bertz CT molecular complexity index is 932. The second-order valence-electron chi connectivity index (χ2n) is 6.92. The summed E-state index contributed by atoms with van der Waals surface area (Å²) >= 11 is 0. The van der Waals surface area contributed by atoms with Crippen molar-refractivity contribution in [3.8, 4) is 11.1 Å². The minimum atomic E-state index is 0.239. The molecule has 0 aromatic carbocycles. The van der Waals surface area contributed by atoms with Crippen molar-refractivity contribution in [3.63, 3.8) is 0 Å². The van der Waals surface area contributed by atoms with Crippen LogP contribution >= 0.6 is 0 Å². The number of aromatic nitrogens is 2. The fraction of sp³-hybridized carbons (Fsp3) is 0.304. The Hall–Kier alpha value is -2.88. The third-order valence-electron chi connectivity index (χ3n) is 5.14. The summed E-state index contributed by atoms with van der Waals surface area (Å²) in [6.07, 6.45) is 17.9. The van der Waals surface area contributed by atoms with Crippen LogP contribution in [0.3, 0.4) is 0 Å². The van der Waals surface area contributed by atoms with E-state index in [1.165, 1.54) is 0 Å². The lowest BCUT2D eigenvalue weighted by Gasteiger charge is -2.18. The highest BCUT2D eigenvalue weighted by molar-refractivity contribution is 6.07. The molecule has 1 N–H and O–H groups in total. The van der Waals surface area contributed by atoms with Gasteiger partial charge in [-0.15, -0.1) is 0 Å². The van der Waals surface area contributed by atoms with Gasteiger partial charge in [0.05, 0.1) is 5.69 Å². The summed E-state index contributed by atoms with van der Waals surface area (Å²) < 4.78 is 2.20. The zero-order valence-corrected chi connectivity index (χ0v) is 15.7. The van der Waals surface area contributed by atoms with Crippen LogP contribution in [0.5, 0.6) is 0 Å². The summed E-state index contributed by atoms with van der Waals surface area (Å²) in [4.78, 5) is 17.2. The fourth-order valence-electron chi connectivity index (χ4n) is 4.00. The average molecular weight is 359 g/mol. The van der Waals surface area contributed by atoms with Gasteiger partial charge in [-0.3, -0.25) is 9.78 Å². The minimum Gasteiger partial charge on any atom is -0.371 e. The zero-order chi connectivity index (χ0) is 18.6. The number of Topliss-reactive ketones (excluding diaryl/α,β-unsaturated/α-hetero) is 1. The number of allylic oxidation sites excluding steroid dienone is 6. The van der Waals surface area contributed by atoms with Crippen LogP contribution in [0, 0.1) is 0 Å². The number of nitrogens with zero attached hydrogens (tertiary/aromatic N) is 2. The van der Waals surface area contributed by atoms with E-state index < -0.39 is 0 Å².